The van der Waals surface area contributed by atoms with E-state index in [9.17, 15) is 4.79 Å². The molecule has 0 bridgehead atoms. The Labute approximate surface area is 79.6 Å². The van der Waals surface area contributed by atoms with Crippen LogP contribution >= 0.6 is 0 Å². The standard InChI is InChI=1S/C11H17NO/c1-5-9-7-10(11(13)6-2)8(3)12(9)4/h7H,5-6H2,1-4H3. The zero-order valence-corrected chi connectivity index (χ0v) is 8.85. The fourth-order valence-corrected chi connectivity index (χ4v) is 1.58. The lowest BCUT2D eigenvalue weighted by Gasteiger charge is -2.01. The molecular weight excluding hydrogens is 162 g/mol. The molecule has 1 aromatic heterocycles. The number of hydrogen-bond acceptors (Lipinski definition) is 1. The Balaban J connectivity index is 3.17. The number of carbonyl (C=O) groups excluding carboxylic acids is 1. The van der Waals surface area contributed by atoms with Gasteiger partial charge in [0.1, 0.15) is 0 Å². The predicted octanol–water partition coefficient (Wildman–Crippen LogP) is 2.49. The smallest absolute Gasteiger partial charge is 0.164 e. The molecule has 1 rings (SSSR count). The third-order valence-electron chi connectivity index (χ3n) is 2.62. The van der Waals surface area contributed by atoms with Crippen molar-refractivity contribution in [3.63, 3.8) is 0 Å². The first-order valence-electron chi connectivity index (χ1n) is 4.80. The van der Waals surface area contributed by atoms with Crippen LogP contribution in [0.4, 0.5) is 0 Å². The number of carbonyl (C=O) groups is 1. The van der Waals surface area contributed by atoms with Gasteiger partial charge in [0, 0.05) is 30.4 Å². The maximum atomic E-state index is 11.5. The van der Waals surface area contributed by atoms with Gasteiger partial charge in [-0.1, -0.05) is 13.8 Å². The molecule has 2 heteroatoms. The lowest BCUT2D eigenvalue weighted by molar-refractivity contribution is 0.0987. The van der Waals surface area contributed by atoms with Crippen molar-refractivity contribution in [2.24, 2.45) is 7.05 Å². The van der Waals surface area contributed by atoms with Crippen LogP contribution in [-0.2, 0) is 13.5 Å². The number of aromatic nitrogens is 1. The van der Waals surface area contributed by atoms with Crippen LogP contribution in [0.5, 0.6) is 0 Å². The minimum atomic E-state index is 0.243. The van der Waals surface area contributed by atoms with Gasteiger partial charge in [-0.05, 0) is 19.4 Å². The number of ketones is 1. The first-order valence-corrected chi connectivity index (χ1v) is 4.80. The van der Waals surface area contributed by atoms with Crippen LogP contribution in [0.25, 0.3) is 0 Å². The molecule has 0 fully saturated rings. The van der Waals surface area contributed by atoms with Gasteiger partial charge in [-0.25, -0.2) is 0 Å². The van der Waals surface area contributed by atoms with E-state index >= 15 is 0 Å². The normalized spacial score (nSPS) is 10.5. The number of aryl methyl sites for hydroxylation is 1. The summed E-state index contributed by atoms with van der Waals surface area (Å²) in [7, 11) is 2.01. The van der Waals surface area contributed by atoms with Gasteiger partial charge in [0.2, 0.25) is 0 Å². The zero-order valence-electron chi connectivity index (χ0n) is 8.85. The number of hydrogen-bond donors (Lipinski definition) is 0. The van der Waals surface area contributed by atoms with Gasteiger partial charge in [-0.2, -0.15) is 0 Å². The van der Waals surface area contributed by atoms with Gasteiger partial charge in [-0.15, -0.1) is 0 Å². The van der Waals surface area contributed by atoms with E-state index in [0.717, 1.165) is 17.7 Å². The van der Waals surface area contributed by atoms with E-state index in [1.165, 1.54) is 5.69 Å². The summed E-state index contributed by atoms with van der Waals surface area (Å²) in [5, 5.41) is 0. The second-order valence-corrected chi connectivity index (χ2v) is 3.32. The SMILES string of the molecule is CCC(=O)c1cc(CC)n(C)c1C. The van der Waals surface area contributed by atoms with Crippen molar-refractivity contribution < 1.29 is 4.79 Å². The van der Waals surface area contributed by atoms with Crippen molar-refractivity contribution in [3.05, 3.63) is 23.0 Å². The first kappa shape index (κ1) is 10.0. The Morgan fingerprint density at radius 1 is 1.46 bits per heavy atom. The molecule has 72 valence electrons. The summed E-state index contributed by atoms with van der Waals surface area (Å²) in [6.45, 7) is 6.01. The topological polar surface area (TPSA) is 22.0 Å². The molecular formula is C11H17NO. The third-order valence-corrected chi connectivity index (χ3v) is 2.62. The molecule has 0 atom stereocenters. The predicted molar refractivity (Wildman–Crippen MR) is 54.1 cm³/mol. The van der Waals surface area contributed by atoms with Gasteiger partial charge < -0.3 is 4.57 Å². The highest BCUT2D eigenvalue weighted by Crippen LogP contribution is 2.16. The van der Waals surface area contributed by atoms with E-state index in [1.807, 2.05) is 27.0 Å². The fourth-order valence-electron chi connectivity index (χ4n) is 1.58. The Bertz CT molecular complexity index is 323. The number of rotatable bonds is 3. The van der Waals surface area contributed by atoms with Gasteiger partial charge in [0.25, 0.3) is 0 Å². The van der Waals surface area contributed by atoms with Gasteiger partial charge in [0.15, 0.2) is 5.78 Å². The molecule has 0 amide bonds. The Morgan fingerprint density at radius 3 is 2.46 bits per heavy atom. The molecule has 0 aliphatic rings. The minimum absolute atomic E-state index is 0.243. The zero-order chi connectivity index (χ0) is 10.0. The van der Waals surface area contributed by atoms with Crippen LogP contribution in [0.3, 0.4) is 0 Å². The highest BCUT2D eigenvalue weighted by Gasteiger charge is 2.12. The number of Topliss-reactive ketones (excluding diaryl/α,β-unsaturated/α-hetero) is 1. The minimum Gasteiger partial charge on any atom is -0.351 e. The van der Waals surface area contributed by atoms with Crippen LogP contribution in [0.2, 0.25) is 0 Å². The Kier molecular flexibility index (Phi) is 2.91. The molecule has 0 spiro atoms. The monoisotopic (exact) mass is 179 g/mol. The van der Waals surface area contributed by atoms with Crippen molar-refractivity contribution in [2.75, 3.05) is 0 Å². The van der Waals surface area contributed by atoms with Crippen LogP contribution in [-0.4, -0.2) is 10.4 Å². The maximum absolute atomic E-state index is 11.5. The highest BCUT2D eigenvalue weighted by molar-refractivity contribution is 5.97. The molecule has 13 heavy (non-hydrogen) atoms. The Morgan fingerprint density at radius 2 is 2.08 bits per heavy atom. The second-order valence-electron chi connectivity index (χ2n) is 3.32. The van der Waals surface area contributed by atoms with Crippen LogP contribution in [0, 0.1) is 6.92 Å². The summed E-state index contributed by atoms with van der Waals surface area (Å²) in [5.41, 5.74) is 3.21. The largest absolute Gasteiger partial charge is 0.351 e. The molecule has 0 unspecified atom stereocenters. The van der Waals surface area contributed by atoms with E-state index in [2.05, 4.69) is 11.5 Å². The summed E-state index contributed by atoms with van der Waals surface area (Å²) in [5.74, 6) is 0.243. The fraction of sp³-hybridized carbons (Fsp3) is 0.545. The summed E-state index contributed by atoms with van der Waals surface area (Å²) in [6, 6.07) is 2.02. The van der Waals surface area contributed by atoms with Gasteiger partial charge in [0.05, 0.1) is 0 Å². The van der Waals surface area contributed by atoms with Crippen molar-refractivity contribution in [3.8, 4) is 0 Å². The maximum Gasteiger partial charge on any atom is 0.164 e. The third kappa shape index (κ3) is 1.67. The summed E-state index contributed by atoms with van der Waals surface area (Å²) < 4.78 is 2.10. The second kappa shape index (κ2) is 3.77. The molecule has 0 radical (unpaired) electrons. The van der Waals surface area contributed by atoms with E-state index in [1.54, 1.807) is 0 Å². The molecule has 0 aliphatic heterocycles. The highest BCUT2D eigenvalue weighted by atomic mass is 16.1. The van der Waals surface area contributed by atoms with E-state index in [4.69, 9.17) is 0 Å². The first-order chi connectivity index (χ1) is 6.11. The van der Waals surface area contributed by atoms with Crippen LogP contribution in [0.15, 0.2) is 6.07 Å². The summed E-state index contributed by atoms with van der Waals surface area (Å²) >= 11 is 0. The quantitative estimate of drug-likeness (QED) is 0.653. The van der Waals surface area contributed by atoms with Crippen LogP contribution < -0.4 is 0 Å². The average molecular weight is 179 g/mol. The average Bonchev–Trinajstić information content (AvgIpc) is 2.43. The van der Waals surface area contributed by atoms with Gasteiger partial charge >= 0.3 is 0 Å². The summed E-state index contributed by atoms with van der Waals surface area (Å²) in [6.07, 6.45) is 1.57. The molecule has 0 N–H and O–H groups in total. The molecule has 1 aromatic rings. The Hall–Kier alpha value is -1.05. The lowest BCUT2D eigenvalue weighted by atomic mass is 10.1. The molecule has 0 saturated heterocycles. The van der Waals surface area contributed by atoms with Crippen molar-refractivity contribution >= 4 is 5.78 Å². The van der Waals surface area contributed by atoms with Crippen molar-refractivity contribution in [2.45, 2.75) is 33.6 Å². The molecule has 0 aromatic carbocycles. The summed E-state index contributed by atoms with van der Waals surface area (Å²) in [4.78, 5) is 11.5. The van der Waals surface area contributed by atoms with Crippen molar-refractivity contribution in [1.29, 1.82) is 0 Å². The molecule has 0 aliphatic carbocycles. The number of nitrogens with zero attached hydrogens (tertiary/aromatic N) is 1. The van der Waals surface area contributed by atoms with Crippen molar-refractivity contribution in [1.82, 2.24) is 4.57 Å². The van der Waals surface area contributed by atoms with Crippen LogP contribution in [0.1, 0.15) is 42.0 Å². The lowest BCUT2D eigenvalue weighted by Crippen LogP contribution is -2.00. The van der Waals surface area contributed by atoms with E-state index in [-0.39, 0.29) is 5.78 Å². The van der Waals surface area contributed by atoms with E-state index < -0.39 is 0 Å². The van der Waals surface area contributed by atoms with E-state index in [0.29, 0.717) is 6.42 Å². The molecule has 2 nitrogen and oxygen atoms in total. The van der Waals surface area contributed by atoms with Gasteiger partial charge in [-0.3, -0.25) is 4.79 Å². The molecule has 0 saturated carbocycles. The molecule has 1 heterocycles.